The number of carbonyl (C=O) groups is 2. The topological polar surface area (TPSA) is 137 Å². The highest BCUT2D eigenvalue weighted by Crippen LogP contribution is 2.39. The van der Waals surface area contributed by atoms with E-state index >= 15 is 0 Å². The molecule has 1 aliphatic rings. The highest BCUT2D eigenvalue weighted by Gasteiger charge is 2.29. The van der Waals surface area contributed by atoms with E-state index < -0.39 is 21.7 Å². The fourth-order valence-electron chi connectivity index (χ4n) is 4.38. The smallest absolute Gasteiger partial charge is 0.404 e. The number of hydrogen-bond donors (Lipinski definition) is 4. The molecule has 0 radical (unpaired) electrons. The Hall–Kier alpha value is -2.50. The predicted octanol–water partition coefficient (Wildman–Crippen LogP) is 4.25. The summed E-state index contributed by atoms with van der Waals surface area (Å²) in [5, 5.41) is 15.3. The second-order valence-electron chi connectivity index (χ2n) is 10.6. The first-order valence-corrected chi connectivity index (χ1v) is 14.5. The van der Waals surface area contributed by atoms with Crippen LogP contribution in [0.4, 0.5) is 4.79 Å². The lowest BCUT2D eigenvalue weighted by molar-refractivity contribution is -0.120. The largest absolute Gasteiger partial charge is 0.465 e. The van der Waals surface area contributed by atoms with Crippen LogP contribution in [-0.4, -0.2) is 48.1 Å². The van der Waals surface area contributed by atoms with Crippen LogP contribution in [0.3, 0.4) is 0 Å². The Bertz CT molecular complexity index is 1190. The molecule has 1 aliphatic carbocycles. The van der Waals surface area contributed by atoms with Gasteiger partial charge in [-0.05, 0) is 71.9 Å². The van der Waals surface area contributed by atoms with E-state index in [0.717, 1.165) is 35.6 Å². The summed E-state index contributed by atoms with van der Waals surface area (Å²) in [5.74, 6) is 0.0419. The predicted molar refractivity (Wildman–Crippen MR) is 141 cm³/mol. The molecule has 4 N–H and O–H groups in total. The molecule has 1 aromatic heterocycles. The zero-order valence-corrected chi connectivity index (χ0v) is 23.1. The molecule has 0 aliphatic heterocycles. The number of thiazole rings is 1. The third kappa shape index (κ3) is 7.75. The van der Waals surface area contributed by atoms with E-state index in [1.165, 1.54) is 11.3 Å². The second-order valence-corrected chi connectivity index (χ2v) is 13.4. The monoisotopic (exact) mass is 536 g/mol. The van der Waals surface area contributed by atoms with Crippen LogP contribution in [0.25, 0.3) is 10.4 Å². The maximum Gasteiger partial charge on any atom is 0.404 e. The molecule has 1 aromatic carbocycles. The van der Waals surface area contributed by atoms with Crippen molar-refractivity contribution in [3.63, 3.8) is 0 Å². The van der Waals surface area contributed by atoms with Crippen molar-refractivity contribution >= 4 is 33.4 Å². The number of carboxylic acid groups (broad SMARTS) is 1. The van der Waals surface area contributed by atoms with Crippen LogP contribution in [0, 0.1) is 0 Å². The van der Waals surface area contributed by atoms with Crippen LogP contribution >= 0.6 is 11.3 Å². The lowest BCUT2D eigenvalue weighted by atomic mass is 9.86. The molecule has 3 rings (SSSR count). The van der Waals surface area contributed by atoms with E-state index in [1.54, 1.807) is 45.2 Å². The first kappa shape index (κ1) is 28.1. The van der Waals surface area contributed by atoms with Crippen LogP contribution in [0.15, 0.2) is 29.3 Å². The van der Waals surface area contributed by atoms with Crippen molar-refractivity contribution in [3.8, 4) is 10.4 Å². The van der Waals surface area contributed by atoms with E-state index in [1.807, 2.05) is 13.8 Å². The minimum atomic E-state index is -3.88. The molecule has 11 heteroatoms. The minimum Gasteiger partial charge on any atom is -0.465 e. The average molecular weight is 537 g/mol. The summed E-state index contributed by atoms with van der Waals surface area (Å²) in [5.41, 5.74) is 0.479. The fraction of sp³-hybridized carbons (Fsp3) is 0.560. The summed E-state index contributed by atoms with van der Waals surface area (Å²) < 4.78 is 29.5. The number of rotatable bonds is 8. The van der Waals surface area contributed by atoms with Gasteiger partial charge in [0.1, 0.15) is 0 Å². The summed E-state index contributed by atoms with van der Waals surface area (Å²) in [6.07, 6.45) is 3.91. The number of aromatic nitrogens is 1. The maximum atomic E-state index is 13.4. The molecule has 1 heterocycles. The van der Waals surface area contributed by atoms with Crippen LogP contribution in [0.2, 0.25) is 0 Å². The Morgan fingerprint density at radius 1 is 1.17 bits per heavy atom. The molecular formula is C25H36N4O5S2. The van der Waals surface area contributed by atoms with Gasteiger partial charge in [0.05, 0.1) is 21.2 Å². The first-order chi connectivity index (χ1) is 16.7. The molecule has 0 spiro atoms. The van der Waals surface area contributed by atoms with Gasteiger partial charge in [-0.1, -0.05) is 12.1 Å². The van der Waals surface area contributed by atoms with Crippen molar-refractivity contribution in [2.45, 2.75) is 95.2 Å². The molecule has 9 nitrogen and oxygen atoms in total. The molecule has 1 saturated carbocycles. The first-order valence-electron chi connectivity index (χ1n) is 12.2. The molecular weight excluding hydrogens is 500 g/mol. The third-order valence-electron chi connectivity index (χ3n) is 5.78. The molecule has 2 aromatic rings. The van der Waals surface area contributed by atoms with E-state index in [-0.39, 0.29) is 35.2 Å². The van der Waals surface area contributed by atoms with Crippen molar-refractivity contribution in [1.29, 1.82) is 0 Å². The van der Waals surface area contributed by atoms with Crippen LogP contribution in [0.1, 0.15) is 76.8 Å². The summed E-state index contributed by atoms with van der Waals surface area (Å²) in [6, 6.07) is 5.06. The van der Waals surface area contributed by atoms with E-state index in [4.69, 9.17) is 5.11 Å². The Morgan fingerprint density at radius 2 is 1.83 bits per heavy atom. The van der Waals surface area contributed by atoms with Crippen molar-refractivity contribution in [2.75, 3.05) is 0 Å². The zero-order chi connectivity index (χ0) is 26.7. The molecule has 198 valence electrons. The number of carbonyl (C=O) groups excluding carboxylic acids is 1. The number of nitrogens with one attached hydrogen (secondary N) is 3. The highest BCUT2D eigenvalue weighted by atomic mass is 32.2. The SMILES string of the molecule is CC(C)NC(=O)Cc1ccc(-c2cnc(C3CCC(NC(=O)O)CC3)s2)c(S(=O)(=O)NC(C)(C)C)c1. The van der Waals surface area contributed by atoms with Gasteiger partial charge in [-0.2, -0.15) is 0 Å². The lowest BCUT2D eigenvalue weighted by Gasteiger charge is -2.27. The number of nitrogens with zero attached hydrogens (tertiary/aromatic N) is 1. The second kappa shape index (κ2) is 11.3. The van der Waals surface area contributed by atoms with Gasteiger partial charge < -0.3 is 15.7 Å². The van der Waals surface area contributed by atoms with Gasteiger partial charge in [-0.3, -0.25) is 4.79 Å². The molecule has 0 atom stereocenters. The molecule has 1 fully saturated rings. The van der Waals surface area contributed by atoms with Crippen molar-refractivity contribution in [1.82, 2.24) is 20.3 Å². The lowest BCUT2D eigenvalue weighted by Crippen LogP contribution is -2.40. The van der Waals surface area contributed by atoms with Gasteiger partial charge in [0.2, 0.25) is 15.9 Å². The van der Waals surface area contributed by atoms with Crippen LogP contribution in [0.5, 0.6) is 0 Å². The highest BCUT2D eigenvalue weighted by molar-refractivity contribution is 7.89. The number of benzene rings is 1. The summed E-state index contributed by atoms with van der Waals surface area (Å²) in [6.45, 7) is 9.10. The summed E-state index contributed by atoms with van der Waals surface area (Å²) in [7, 11) is -3.88. The quantitative estimate of drug-likeness (QED) is 0.398. The van der Waals surface area contributed by atoms with Gasteiger partial charge in [-0.25, -0.2) is 22.9 Å². The van der Waals surface area contributed by atoms with Gasteiger partial charge in [-0.15, -0.1) is 11.3 Å². The van der Waals surface area contributed by atoms with Gasteiger partial charge in [0, 0.05) is 35.3 Å². The zero-order valence-electron chi connectivity index (χ0n) is 21.4. The molecule has 2 amide bonds. The Balaban J connectivity index is 1.90. The van der Waals surface area contributed by atoms with Gasteiger partial charge >= 0.3 is 6.09 Å². The number of hydrogen-bond acceptors (Lipinski definition) is 6. The van der Waals surface area contributed by atoms with Gasteiger partial charge in [0.25, 0.3) is 0 Å². The number of sulfonamides is 1. The molecule has 0 bridgehead atoms. The van der Waals surface area contributed by atoms with E-state index in [9.17, 15) is 18.0 Å². The average Bonchev–Trinajstić information content (AvgIpc) is 3.21. The Morgan fingerprint density at radius 3 is 2.42 bits per heavy atom. The van der Waals surface area contributed by atoms with Crippen LogP contribution in [-0.2, 0) is 21.2 Å². The molecule has 36 heavy (non-hydrogen) atoms. The minimum absolute atomic E-state index is 0.00637. The van der Waals surface area contributed by atoms with Crippen molar-refractivity contribution < 1.29 is 23.1 Å². The summed E-state index contributed by atoms with van der Waals surface area (Å²) in [4.78, 5) is 28.7. The molecule has 0 unspecified atom stereocenters. The number of amides is 2. The van der Waals surface area contributed by atoms with Crippen molar-refractivity contribution in [3.05, 3.63) is 35.0 Å². The van der Waals surface area contributed by atoms with E-state index in [2.05, 4.69) is 20.3 Å². The third-order valence-corrected chi connectivity index (χ3v) is 8.77. The standard InChI is InChI=1S/C25H36N4O5S2/c1-15(2)27-22(30)13-16-6-11-19(21(12-16)36(33,34)29-25(3,4)5)20-14-26-23(35-20)17-7-9-18(10-8-17)28-24(31)32/h6,11-12,14-15,17-18,28-29H,7-10,13H2,1-5H3,(H,27,30)(H,31,32). The molecule has 0 saturated heterocycles. The van der Waals surface area contributed by atoms with Crippen LogP contribution < -0.4 is 15.4 Å². The normalized spacial score (nSPS) is 18.7. The summed E-state index contributed by atoms with van der Waals surface area (Å²) >= 11 is 1.46. The van der Waals surface area contributed by atoms with E-state index in [0.29, 0.717) is 11.1 Å². The Kier molecular flexibility index (Phi) is 8.79. The van der Waals surface area contributed by atoms with Crippen molar-refractivity contribution in [2.24, 2.45) is 0 Å². The Labute approximate surface area is 217 Å². The fourth-order valence-corrected chi connectivity index (χ4v) is 7.26. The maximum absolute atomic E-state index is 13.4. The van der Waals surface area contributed by atoms with Gasteiger partial charge in [0.15, 0.2) is 0 Å².